The lowest BCUT2D eigenvalue weighted by atomic mass is 10.5. The third-order valence-electron chi connectivity index (χ3n) is 0.795. The molecule has 1 aromatic rings. The molecular formula is C5H3BrFNO. The van der Waals surface area contributed by atoms with E-state index in [1.165, 1.54) is 12.1 Å². The third kappa shape index (κ3) is 1.38. The van der Waals surface area contributed by atoms with Crippen LogP contribution in [0.3, 0.4) is 0 Å². The van der Waals surface area contributed by atoms with Gasteiger partial charge in [0.25, 0.3) is 5.95 Å². The Balaban J connectivity index is 3.17. The maximum atomic E-state index is 12.2. The second-order valence-electron chi connectivity index (χ2n) is 1.44. The highest BCUT2D eigenvalue weighted by Gasteiger charge is 1.99. The molecule has 0 aliphatic heterocycles. The van der Waals surface area contributed by atoms with E-state index in [2.05, 4.69) is 20.9 Å². The Bertz CT molecular complexity index is 228. The van der Waals surface area contributed by atoms with Crippen molar-refractivity contribution in [3.8, 4) is 5.75 Å². The van der Waals surface area contributed by atoms with Gasteiger partial charge in [0.1, 0.15) is 4.60 Å². The smallest absolute Gasteiger partial charge is 0.256 e. The molecule has 4 heteroatoms. The normalized spacial score (nSPS) is 9.56. The van der Waals surface area contributed by atoms with Crippen LogP contribution >= 0.6 is 15.9 Å². The first-order valence-corrected chi connectivity index (χ1v) is 3.00. The highest BCUT2D eigenvalue weighted by molar-refractivity contribution is 9.10. The molecule has 0 atom stereocenters. The Kier molecular flexibility index (Phi) is 1.66. The fourth-order valence-corrected chi connectivity index (χ4v) is 0.693. The fraction of sp³-hybridized carbons (Fsp3) is 0. The summed E-state index contributed by atoms with van der Waals surface area (Å²) in [5.74, 6) is -1.29. The van der Waals surface area contributed by atoms with Gasteiger partial charge in [-0.3, -0.25) is 0 Å². The highest BCUT2D eigenvalue weighted by atomic mass is 79.9. The first-order chi connectivity index (χ1) is 4.20. The quantitative estimate of drug-likeness (QED) is 0.634. The van der Waals surface area contributed by atoms with Crippen molar-refractivity contribution in [3.63, 3.8) is 0 Å². The van der Waals surface area contributed by atoms with Gasteiger partial charge in [-0.15, -0.1) is 0 Å². The average Bonchev–Trinajstić information content (AvgIpc) is 1.80. The first kappa shape index (κ1) is 6.48. The summed E-state index contributed by atoms with van der Waals surface area (Å²) in [6.07, 6.45) is 0. The van der Waals surface area contributed by atoms with Gasteiger partial charge in [0, 0.05) is 0 Å². The Hall–Kier alpha value is -0.640. The SMILES string of the molecule is Oc1ccc(Br)nc1F. The van der Waals surface area contributed by atoms with Crippen LogP contribution in [0.2, 0.25) is 0 Å². The van der Waals surface area contributed by atoms with Crippen molar-refractivity contribution in [1.82, 2.24) is 4.98 Å². The molecule has 1 N–H and O–H groups in total. The molecule has 0 aliphatic rings. The van der Waals surface area contributed by atoms with Gasteiger partial charge < -0.3 is 5.11 Å². The van der Waals surface area contributed by atoms with E-state index in [0.29, 0.717) is 4.60 Å². The number of nitrogens with zero attached hydrogens (tertiary/aromatic N) is 1. The third-order valence-corrected chi connectivity index (χ3v) is 1.24. The summed E-state index contributed by atoms with van der Waals surface area (Å²) in [5, 5.41) is 8.59. The Morgan fingerprint density at radius 1 is 1.56 bits per heavy atom. The molecular weight excluding hydrogens is 189 g/mol. The van der Waals surface area contributed by atoms with E-state index in [4.69, 9.17) is 5.11 Å². The van der Waals surface area contributed by atoms with Crippen molar-refractivity contribution in [3.05, 3.63) is 22.7 Å². The molecule has 0 aliphatic carbocycles. The predicted octanol–water partition coefficient (Wildman–Crippen LogP) is 1.69. The maximum absolute atomic E-state index is 12.2. The van der Waals surface area contributed by atoms with Crippen LogP contribution in [-0.4, -0.2) is 10.1 Å². The summed E-state index contributed by atoms with van der Waals surface area (Å²) in [6.45, 7) is 0. The average molecular weight is 192 g/mol. The van der Waals surface area contributed by atoms with Gasteiger partial charge in [0.2, 0.25) is 0 Å². The van der Waals surface area contributed by atoms with Gasteiger partial charge in [-0.1, -0.05) is 0 Å². The molecule has 48 valence electrons. The van der Waals surface area contributed by atoms with E-state index in [-0.39, 0.29) is 0 Å². The van der Waals surface area contributed by atoms with Crippen LogP contribution in [0.4, 0.5) is 4.39 Å². The van der Waals surface area contributed by atoms with Crippen molar-refractivity contribution in [2.45, 2.75) is 0 Å². The molecule has 0 bridgehead atoms. The van der Waals surface area contributed by atoms with Crippen molar-refractivity contribution in [1.29, 1.82) is 0 Å². The largest absolute Gasteiger partial charge is 0.504 e. The molecule has 0 spiro atoms. The van der Waals surface area contributed by atoms with E-state index < -0.39 is 11.7 Å². The van der Waals surface area contributed by atoms with Gasteiger partial charge >= 0.3 is 0 Å². The van der Waals surface area contributed by atoms with Crippen LogP contribution in [0.1, 0.15) is 0 Å². The molecule has 0 amide bonds. The molecule has 1 rings (SSSR count). The molecule has 1 aromatic heterocycles. The van der Waals surface area contributed by atoms with E-state index in [9.17, 15) is 4.39 Å². The summed E-state index contributed by atoms with van der Waals surface area (Å²) in [5.41, 5.74) is 0. The lowest BCUT2D eigenvalue weighted by molar-refractivity contribution is 0.418. The molecule has 1 heterocycles. The number of hydrogen-bond donors (Lipinski definition) is 1. The van der Waals surface area contributed by atoms with Gasteiger partial charge in [-0.25, -0.2) is 4.98 Å². The minimum absolute atomic E-state index is 0.373. The zero-order valence-electron chi connectivity index (χ0n) is 4.31. The number of rotatable bonds is 0. The zero-order chi connectivity index (χ0) is 6.85. The Labute approximate surface area is 59.5 Å². The van der Waals surface area contributed by atoms with E-state index in [1.807, 2.05) is 0 Å². The summed E-state index contributed by atoms with van der Waals surface area (Å²) in [4.78, 5) is 3.27. The Morgan fingerprint density at radius 3 is 2.67 bits per heavy atom. The summed E-state index contributed by atoms with van der Waals surface area (Å²) >= 11 is 2.93. The number of halogens is 2. The van der Waals surface area contributed by atoms with E-state index >= 15 is 0 Å². The second-order valence-corrected chi connectivity index (χ2v) is 2.26. The second kappa shape index (κ2) is 2.31. The fourth-order valence-electron chi connectivity index (χ4n) is 0.405. The number of pyridine rings is 1. The van der Waals surface area contributed by atoms with E-state index in [0.717, 1.165) is 0 Å². The number of aromatic nitrogens is 1. The lowest BCUT2D eigenvalue weighted by Gasteiger charge is -1.91. The topological polar surface area (TPSA) is 33.1 Å². The summed E-state index contributed by atoms with van der Waals surface area (Å²) in [7, 11) is 0. The summed E-state index contributed by atoms with van der Waals surface area (Å²) < 4.78 is 12.6. The van der Waals surface area contributed by atoms with E-state index in [1.54, 1.807) is 0 Å². The van der Waals surface area contributed by atoms with Gasteiger partial charge in [-0.05, 0) is 28.1 Å². The molecule has 0 saturated carbocycles. The maximum Gasteiger partial charge on any atom is 0.256 e. The van der Waals surface area contributed by atoms with Crippen molar-refractivity contribution < 1.29 is 9.50 Å². The van der Waals surface area contributed by atoms with Crippen molar-refractivity contribution >= 4 is 15.9 Å². The minimum atomic E-state index is -0.857. The van der Waals surface area contributed by atoms with Crippen molar-refractivity contribution in [2.24, 2.45) is 0 Å². The van der Waals surface area contributed by atoms with Gasteiger partial charge in [-0.2, -0.15) is 4.39 Å². The van der Waals surface area contributed by atoms with Gasteiger partial charge in [0.05, 0.1) is 0 Å². The van der Waals surface area contributed by atoms with Crippen LogP contribution in [-0.2, 0) is 0 Å². The van der Waals surface area contributed by atoms with Crippen molar-refractivity contribution in [2.75, 3.05) is 0 Å². The molecule has 0 aromatic carbocycles. The number of aromatic hydroxyl groups is 1. The zero-order valence-corrected chi connectivity index (χ0v) is 5.89. The molecule has 0 saturated heterocycles. The molecule has 0 radical (unpaired) electrons. The van der Waals surface area contributed by atoms with Crippen LogP contribution in [0.5, 0.6) is 5.75 Å². The van der Waals surface area contributed by atoms with Gasteiger partial charge in [0.15, 0.2) is 5.75 Å². The highest BCUT2D eigenvalue weighted by Crippen LogP contribution is 2.15. The Morgan fingerprint density at radius 2 is 2.22 bits per heavy atom. The molecule has 2 nitrogen and oxygen atoms in total. The summed E-state index contributed by atoms with van der Waals surface area (Å²) in [6, 6.07) is 2.69. The van der Waals surface area contributed by atoms with Crippen LogP contribution in [0, 0.1) is 5.95 Å². The standard InChI is InChI=1S/C5H3BrFNO/c6-4-2-1-3(9)5(7)8-4/h1-2,9H. The molecule has 0 fully saturated rings. The number of hydrogen-bond acceptors (Lipinski definition) is 2. The van der Waals surface area contributed by atoms with Crippen LogP contribution in [0.25, 0.3) is 0 Å². The molecule has 9 heavy (non-hydrogen) atoms. The van der Waals surface area contributed by atoms with Crippen LogP contribution in [0.15, 0.2) is 16.7 Å². The minimum Gasteiger partial charge on any atom is -0.504 e. The lowest BCUT2D eigenvalue weighted by Crippen LogP contribution is -1.81. The predicted molar refractivity (Wildman–Crippen MR) is 33.6 cm³/mol. The van der Waals surface area contributed by atoms with Crippen LogP contribution < -0.4 is 0 Å². The molecule has 0 unspecified atom stereocenters. The first-order valence-electron chi connectivity index (χ1n) is 2.21. The monoisotopic (exact) mass is 191 g/mol.